The van der Waals surface area contributed by atoms with Crippen LogP contribution in [0.5, 0.6) is 0 Å². The van der Waals surface area contributed by atoms with E-state index in [1.54, 1.807) is 0 Å². The van der Waals surface area contributed by atoms with Gasteiger partial charge >= 0.3 is 11.8 Å². The van der Waals surface area contributed by atoms with Crippen LogP contribution >= 0.6 is 11.6 Å². The molecule has 0 spiro atoms. The number of benzene rings is 1. The lowest BCUT2D eigenvalue weighted by atomic mass is 9.98. The smallest absolute Gasteiger partial charge is 0.352 e. The molecule has 8 heteroatoms. The molecule has 0 fully saturated rings. The fourth-order valence-corrected chi connectivity index (χ4v) is 3.01. The molecule has 0 radical (unpaired) electrons. The number of nitrogens with zero attached hydrogens (tertiary/aromatic N) is 3. The second kappa shape index (κ2) is 6.06. The predicted octanol–water partition coefficient (Wildman–Crippen LogP) is 3.30. The van der Waals surface area contributed by atoms with Gasteiger partial charge in [0, 0.05) is 6.20 Å². The maximum atomic E-state index is 14.6. The van der Waals surface area contributed by atoms with Gasteiger partial charge in [-0.05, 0) is 30.2 Å². The first-order valence-electron chi connectivity index (χ1n) is 7.33. The fourth-order valence-electron chi connectivity index (χ4n) is 2.85. The van der Waals surface area contributed by atoms with Crippen LogP contribution in [0.4, 0.5) is 14.5 Å². The normalized spacial score (nSPS) is 16.5. The number of nitriles is 1. The summed E-state index contributed by atoms with van der Waals surface area (Å²) >= 11 is 6.02. The number of aliphatic hydroxyl groups excluding tert-OH is 1. The highest BCUT2D eigenvalue weighted by atomic mass is 35.5. The zero-order valence-corrected chi connectivity index (χ0v) is 13.8. The van der Waals surface area contributed by atoms with Crippen molar-refractivity contribution in [2.75, 3.05) is 4.90 Å². The third kappa shape index (κ3) is 2.73. The van der Waals surface area contributed by atoms with E-state index in [1.807, 2.05) is 6.07 Å². The predicted molar refractivity (Wildman–Crippen MR) is 86.1 cm³/mol. The lowest BCUT2D eigenvalue weighted by Crippen LogP contribution is -2.34. The molecular weight excluding hydrogens is 352 g/mol. The van der Waals surface area contributed by atoms with Crippen LogP contribution in [-0.4, -0.2) is 16.0 Å². The van der Waals surface area contributed by atoms with E-state index >= 15 is 0 Å². The molecule has 1 aliphatic rings. The lowest BCUT2D eigenvalue weighted by molar-refractivity contribution is -0.141. The number of alkyl halides is 2. The molecule has 2 aromatic rings. The number of amides is 1. The number of carbonyl (C=O) groups is 1. The number of hydrogen-bond acceptors (Lipinski definition) is 4. The van der Waals surface area contributed by atoms with Gasteiger partial charge in [-0.1, -0.05) is 23.7 Å². The SMILES string of the molecule is C[C@H](O)c1cccc2c1C(F)(F)C(=O)N2Cc1cc(C#N)ncc1Cl. The van der Waals surface area contributed by atoms with E-state index < -0.39 is 23.5 Å². The van der Waals surface area contributed by atoms with Crippen LogP contribution in [0.15, 0.2) is 30.5 Å². The Hall–Kier alpha value is -2.56. The highest BCUT2D eigenvalue weighted by Crippen LogP contribution is 2.48. The van der Waals surface area contributed by atoms with Gasteiger partial charge in [-0.3, -0.25) is 4.79 Å². The molecule has 0 unspecified atom stereocenters. The molecular formula is C17H12ClF2N3O2. The summed E-state index contributed by atoms with van der Waals surface area (Å²) in [6, 6.07) is 7.44. The first-order valence-corrected chi connectivity index (χ1v) is 7.71. The van der Waals surface area contributed by atoms with Crippen molar-refractivity contribution in [1.82, 2.24) is 4.98 Å². The Labute approximate surface area is 147 Å². The third-order valence-electron chi connectivity index (χ3n) is 4.02. The molecule has 1 aliphatic heterocycles. The van der Waals surface area contributed by atoms with Crippen LogP contribution in [0.1, 0.15) is 35.4 Å². The molecule has 25 heavy (non-hydrogen) atoms. The monoisotopic (exact) mass is 363 g/mol. The minimum Gasteiger partial charge on any atom is -0.389 e. The summed E-state index contributed by atoms with van der Waals surface area (Å²) in [4.78, 5) is 17.0. The Morgan fingerprint density at radius 3 is 2.84 bits per heavy atom. The van der Waals surface area contributed by atoms with Crippen LogP contribution in [-0.2, 0) is 17.3 Å². The largest absolute Gasteiger partial charge is 0.389 e. The average Bonchev–Trinajstić information content (AvgIpc) is 2.77. The van der Waals surface area contributed by atoms with Gasteiger partial charge in [0.05, 0.1) is 28.9 Å². The molecule has 2 heterocycles. The highest BCUT2D eigenvalue weighted by molar-refractivity contribution is 6.31. The maximum absolute atomic E-state index is 14.6. The summed E-state index contributed by atoms with van der Waals surface area (Å²) in [5, 5.41) is 18.8. The van der Waals surface area contributed by atoms with Gasteiger partial charge in [0.15, 0.2) is 0 Å². The second-order valence-corrected chi connectivity index (χ2v) is 6.06. The van der Waals surface area contributed by atoms with E-state index in [4.69, 9.17) is 16.9 Å². The Morgan fingerprint density at radius 1 is 1.48 bits per heavy atom. The van der Waals surface area contributed by atoms with Gasteiger partial charge in [0.25, 0.3) is 0 Å². The zero-order chi connectivity index (χ0) is 18.4. The summed E-state index contributed by atoms with van der Waals surface area (Å²) < 4.78 is 29.1. The highest BCUT2D eigenvalue weighted by Gasteiger charge is 2.54. The number of aromatic nitrogens is 1. The maximum Gasteiger partial charge on any atom is 0.352 e. The third-order valence-corrected chi connectivity index (χ3v) is 4.36. The van der Waals surface area contributed by atoms with E-state index in [2.05, 4.69) is 4.98 Å². The van der Waals surface area contributed by atoms with Gasteiger partial charge in [0.2, 0.25) is 0 Å². The number of anilines is 1. The first-order chi connectivity index (χ1) is 11.8. The van der Waals surface area contributed by atoms with Crippen molar-refractivity contribution in [2.45, 2.75) is 25.5 Å². The van der Waals surface area contributed by atoms with Crippen LogP contribution in [0, 0.1) is 11.3 Å². The molecule has 1 atom stereocenters. The van der Waals surface area contributed by atoms with Crippen LogP contribution in [0.3, 0.4) is 0 Å². The minimum absolute atomic E-state index is 0.00288. The van der Waals surface area contributed by atoms with Gasteiger partial charge < -0.3 is 10.0 Å². The number of aliphatic hydroxyl groups is 1. The van der Waals surface area contributed by atoms with Crippen molar-refractivity contribution in [2.24, 2.45) is 0 Å². The molecule has 1 aromatic heterocycles. The minimum atomic E-state index is -3.75. The summed E-state index contributed by atoms with van der Waals surface area (Å²) in [5.74, 6) is -5.15. The van der Waals surface area contributed by atoms with Crippen molar-refractivity contribution < 1.29 is 18.7 Å². The van der Waals surface area contributed by atoms with E-state index in [9.17, 15) is 18.7 Å². The molecule has 1 N–H and O–H groups in total. The Bertz CT molecular complexity index is 909. The van der Waals surface area contributed by atoms with E-state index in [-0.39, 0.29) is 28.5 Å². The zero-order valence-electron chi connectivity index (χ0n) is 13.0. The van der Waals surface area contributed by atoms with Crippen molar-refractivity contribution >= 4 is 23.2 Å². The Kier molecular flexibility index (Phi) is 4.19. The van der Waals surface area contributed by atoms with E-state index in [0.29, 0.717) is 5.56 Å². The van der Waals surface area contributed by atoms with Crippen molar-refractivity contribution in [3.8, 4) is 6.07 Å². The van der Waals surface area contributed by atoms with Crippen molar-refractivity contribution in [3.63, 3.8) is 0 Å². The number of halogens is 3. The summed E-state index contributed by atoms with van der Waals surface area (Å²) in [7, 11) is 0. The Balaban J connectivity index is 2.11. The molecule has 5 nitrogen and oxygen atoms in total. The second-order valence-electron chi connectivity index (χ2n) is 5.66. The fraction of sp³-hybridized carbons (Fsp3) is 0.235. The average molecular weight is 364 g/mol. The number of pyridine rings is 1. The molecule has 0 saturated heterocycles. The number of carbonyl (C=O) groups excluding carboxylic acids is 1. The van der Waals surface area contributed by atoms with Crippen LogP contribution in [0.25, 0.3) is 0 Å². The Morgan fingerprint density at radius 2 is 2.20 bits per heavy atom. The number of hydrogen-bond donors (Lipinski definition) is 1. The van der Waals surface area contributed by atoms with Gasteiger partial charge in [-0.15, -0.1) is 0 Å². The van der Waals surface area contributed by atoms with Crippen molar-refractivity contribution in [1.29, 1.82) is 5.26 Å². The standard InChI is InChI=1S/C17H12ClF2N3O2/c1-9(24)12-3-2-4-14-15(12)17(19,20)16(25)23(14)8-10-5-11(6-21)22-7-13(10)18/h2-5,7,9,24H,8H2,1H3/t9-/m0/s1. The van der Waals surface area contributed by atoms with Gasteiger partial charge in [0.1, 0.15) is 11.8 Å². The topological polar surface area (TPSA) is 77.2 Å². The molecule has 3 rings (SSSR count). The summed E-state index contributed by atoms with van der Waals surface area (Å²) in [5.41, 5.74) is -0.0965. The number of rotatable bonds is 3. The molecule has 128 valence electrons. The molecule has 0 bridgehead atoms. The van der Waals surface area contributed by atoms with E-state index in [1.165, 1.54) is 37.4 Å². The van der Waals surface area contributed by atoms with Crippen LogP contribution in [0.2, 0.25) is 5.02 Å². The quantitative estimate of drug-likeness (QED) is 0.907. The van der Waals surface area contributed by atoms with Crippen molar-refractivity contribution in [3.05, 3.63) is 57.9 Å². The first kappa shape index (κ1) is 17.3. The van der Waals surface area contributed by atoms with Crippen LogP contribution < -0.4 is 4.90 Å². The molecule has 1 amide bonds. The molecule has 1 aromatic carbocycles. The van der Waals surface area contributed by atoms with E-state index in [0.717, 1.165) is 4.90 Å². The van der Waals surface area contributed by atoms with Gasteiger partial charge in [-0.2, -0.15) is 14.0 Å². The summed E-state index contributed by atoms with van der Waals surface area (Å²) in [6.45, 7) is 1.12. The van der Waals surface area contributed by atoms with Gasteiger partial charge in [-0.25, -0.2) is 4.98 Å². The lowest BCUT2D eigenvalue weighted by Gasteiger charge is -2.18. The number of fused-ring (bicyclic) bond motifs is 1. The molecule has 0 saturated carbocycles. The molecule has 0 aliphatic carbocycles. The summed E-state index contributed by atoms with van der Waals surface area (Å²) in [6.07, 6.45) is 0.0876.